The van der Waals surface area contributed by atoms with Crippen molar-refractivity contribution in [3.8, 4) is 16.2 Å². The molecule has 168 valence electrons. The highest BCUT2D eigenvalue weighted by Gasteiger charge is 2.25. The number of carbonyl (C=O) groups excluding carboxylic acids is 1. The van der Waals surface area contributed by atoms with E-state index in [1.54, 1.807) is 12.1 Å². The minimum Gasteiger partial charge on any atom is -0.495 e. The highest BCUT2D eigenvalue weighted by molar-refractivity contribution is 7.92. The Kier molecular flexibility index (Phi) is 6.38. The topological polar surface area (TPSA) is 123 Å². The summed E-state index contributed by atoms with van der Waals surface area (Å²) in [5.74, 6) is 0.383. The Bertz CT molecular complexity index is 1220. The van der Waals surface area contributed by atoms with Crippen LogP contribution < -0.4 is 14.8 Å². The largest absolute Gasteiger partial charge is 0.495 e. The lowest BCUT2D eigenvalue weighted by atomic mass is 10.1. The molecule has 0 spiro atoms. The molecule has 1 fully saturated rings. The first-order valence-electron chi connectivity index (χ1n) is 10.1. The van der Waals surface area contributed by atoms with Gasteiger partial charge in [-0.2, -0.15) is 0 Å². The van der Waals surface area contributed by atoms with Crippen molar-refractivity contribution < 1.29 is 17.9 Å². The Morgan fingerprint density at radius 2 is 2.00 bits per heavy atom. The molecule has 3 aromatic rings. The molecule has 1 saturated carbocycles. The smallest absolute Gasteiger partial charge is 0.266 e. The molecule has 0 atom stereocenters. The summed E-state index contributed by atoms with van der Waals surface area (Å²) in [5, 5.41) is 3.42. The molecule has 0 unspecified atom stereocenters. The molecule has 0 aliphatic heterocycles. The number of hydrogen-bond donors (Lipinski definition) is 2. The number of methoxy groups -OCH3 is 1. The molecule has 2 N–H and O–H groups in total. The van der Waals surface area contributed by atoms with Crippen molar-refractivity contribution in [1.82, 2.24) is 15.0 Å². The Hall–Kier alpha value is -3.05. The zero-order valence-electron chi connectivity index (χ0n) is 17.7. The van der Waals surface area contributed by atoms with E-state index in [4.69, 9.17) is 4.74 Å². The minimum absolute atomic E-state index is 0.00477. The van der Waals surface area contributed by atoms with E-state index in [0.717, 1.165) is 30.6 Å². The quantitative estimate of drug-likeness (QED) is 0.534. The number of aromatic nitrogens is 3. The van der Waals surface area contributed by atoms with Gasteiger partial charge >= 0.3 is 0 Å². The summed E-state index contributed by atoms with van der Waals surface area (Å²) >= 11 is 1.32. The van der Waals surface area contributed by atoms with E-state index in [2.05, 4.69) is 25.0 Å². The summed E-state index contributed by atoms with van der Waals surface area (Å²) in [4.78, 5) is 25.4. The van der Waals surface area contributed by atoms with Gasteiger partial charge in [0, 0.05) is 12.1 Å². The van der Waals surface area contributed by atoms with Crippen molar-refractivity contribution in [2.75, 3.05) is 17.1 Å². The third-order valence-electron chi connectivity index (χ3n) is 5.29. The van der Waals surface area contributed by atoms with Crippen LogP contribution in [0.3, 0.4) is 0 Å². The van der Waals surface area contributed by atoms with Gasteiger partial charge in [-0.25, -0.2) is 23.4 Å². The molecule has 4 rings (SSSR count). The van der Waals surface area contributed by atoms with Crippen LogP contribution in [0.25, 0.3) is 10.4 Å². The Balaban J connectivity index is 1.63. The summed E-state index contributed by atoms with van der Waals surface area (Å²) in [5.41, 5.74) is 1.36. The van der Waals surface area contributed by atoms with Gasteiger partial charge in [-0.05, 0) is 49.6 Å². The lowest BCUT2D eigenvalue weighted by Crippen LogP contribution is -2.20. The number of aryl methyl sites for hydroxylation is 1. The second-order valence-electron chi connectivity index (χ2n) is 7.47. The molecule has 0 radical (unpaired) electrons. The molecule has 2 heterocycles. The van der Waals surface area contributed by atoms with Crippen LogP contribution in [0, 0.1) is 12.8 Å². The van der Waals surface area contributed by atoms with Crippen LogP contribution in [0.2, 0.25) is 0 Å². The van der Waals surface area contributed by atoms with Gasteiger partial charge < -0.3 is 10.1 Å². The fraction of sp³-hybridized carbons (Fsp3) is 0.333. The second-order valence-corrected chi connectivity index (χ2v) is 10.1. The van der Waals surface area contributed by atoms with Crippen LogP contribution in [0.1, 0.15) is 31.4 Å². The van der Waals surface area contributed by atoms with E-state index in [-0.39, 0.29) is 28.3 Å². The predicted molar refractivity (Wildman–Crippen MR) is 122 cm³/mol. The number of nitrogens with zero attached hydrogens (tertiary/aromatic N) is 3. The molecule has 0 saturated heterocycles. The third kappa shape index (κ3) is 4.73. The number of rotatable bonds is 7. The summed E-state index contributed by atoms with van der Waals surface area (Å²) in [6.07, 6.45) is 6.66. The maximum atomic E-state index is 13.0. The average Bonchev–Trinajstić information content (AvgIpc) is 3.44. The van der Waals surface area contributed by atoms with Gasteiger partial charge in [-0.1, -0.05) is 24.2 Å². The van der Waals surface area contributed by atoms with Gasteiger partial charge in [-0.15, -0.1) is 0 Å². The zero-order valence-corrected chi connectivity index (χ0v) is 19.3. The van der Waals surface area contributed by atoms with Crippen LogP contribution >= 0.6 is 11.3 Å². The Morgan fingerprint density at radius 3 is 2.69 bits per heavy atom. The maximum absolute atomic E-state index is 13.0. The number of benzene rings is 1. The molecule has 11 heteroatoms. The normalized spacial score (nSPS) is 14.3. The SMILES string of the molecule is COc1ccc(-c2sc(NC(=O)C3CCCC3)nc2C)cc1S(=O)(=O)Nc1ccncn1. The molecule has 1 aromatic carbocycles. The van der Waals surface area contributed by atoms with Crippen molar-refractivity contribution in [3.63, 3.8) is 0 Å². The second kappa shape index (κ2) is 9.21. The molecule has 1 aliphatic rings. The van der Waals surface area contributed by atoms with Crippen molar-refractivity contribution in [3.05, 3.63) is 42.5 Å². The van der Waals surface area contributed by atoms with Gasteiger partial charge in [0.1, 0.15) is 22.8 Å². The van der Waals surface area contributed by atoms with E-state index >= 15 is 0 Å². The van der Waals surface area contributed by atoms with E-state index in [1.807, 2.05) is 6.92 Å². The van der Waals surface area contributed by atoms with Crippen molar-refractivity contribution >= 4 is 38.2 Å². The number of ether oxygens (including phenoxy) is 1. The summed E-state index contributed by atoms with van der Waals surface area (Å²) in [7, 11) is -2.56. The standard InChI is InChI=1S/C21H23N5O4S2/c1-13-19(31-21(24-13)25-20(27)14-5-3-4-6-14)15-7-8-16(30-2)17(11-15)32(28,29)26-18-9-10-22-12-23-18/h7-12,14H,3-6H2,1-2H3,(H,22,23,26)(H,24,25,27). The van der Waals surface area contributed by atoms with Gasteiger partial charge in [0.2, 0.25) is 5.91 Å². The van der Waals surface area contributed by atoms with Crippen molar-refractivity contribution in [1.29, 1.82) is 0 Å². The summed E-state index contributed by atoms with van der Waals surface area (Å²) in [6.45, 7) is 1.83. The van der Waals surface area contributed by atoms with Crippen LogP contribution in [-0.2, 0) is 14.8 Å². The van der Waals surface area contributed by atoms with Gasteiger partial charge in [0.25, 0.3) is 10.0 Å². The Labute approximate surface area is 190 Å². The number of hydrogen-bond acceptors (Lipinski definition) is 8. The highest BCUT2D eigenvalue weighted by atomic mass is 32.2. The molecule has 1 aliphatic carbocycles. The highest BCUT2D eigenvalue weighted by Crippen LogP contribution is 2.37. The van der Waals surface area contributed by atoms with Crippen LogP contribution in [-0.4, -0.2) is 36.4 Å². The lowest BCUT2D eigenvalue weighted by molar-refractivity contribution is -0.119. The first-order chi connectivity index (χ1) is 15.4. The van der Waals surface area contributed by atoms with E-state index in [0.29, 0.717) is 16.4 Å². The van der Waals surface area contributed by atoms with E-state index in [9.17, 15) is 13.2 Å². The molecular weight excluding hydrogens is 450 g/mol. The monoisotopic (exact) mass is 473 g/mol. The first kappa shape index (κ1) is 22.2. The number of sulfonamides is 1. The number of amides is 1. The molecule has 1 amide bonds. The van der Waals surface area contributed by atoms with Gasteiger partial charge in [0.05, 0.1) is 17.7 Å². The van der Waals surface area contributed by atoms with Gasteiger partial charge in [-0.3, -0.25) is 9.52 Å². The van der Waals surface area contributed by atoms with Gasteiger partial charge in [0.15, 0.2) is 5.13 Å². The number of thiazole rings is 1. The molecule has 0 bridgehead atoms. The predicted octanol–water partition coefficient (Wildman–Crippen LogP) is 3.85. The number of nitrogens with one attached hydrogen (secondary N) is 2. The van der Waals surface area contributed by atoms with Crippen LogP contribution in [0.4, 0.5) is 10.9 Å². The fourth-order valence-electron chi connectivity index (χ4n) is 3.68. The number of carbonyl (C=O) groups is 1. The van der Waals surface area contributed by atoms with Crippen molar-refractivity contribution in [2.24, 2.45) is 5.92 Å². The molecule has 32 heavy (non-hydrogen) atoms. The summed E-state index contributed by atoms with van der Waals surface area (Å²) in [6, 6.07) is 6.36. The number of anilines is 2. The molecule has 2 aromatic heterocycles. The van der Waals surface area contributed by atoms with E-state index in [1.165, 1.54) is 43.1 Å². The molecule has 9 nitrogen and oxygen atoms in total. The first-order valence-corrected chi connectivity index (χ1v) is 12.4. The minimum atomic E-state index is -3.97. The van der Waals surface area contributed by atoms with Crippen molar-refractivity contribution in [2.45, 2.75) is 37.5 Å². The molecular formula is C21H23N5O4S2. The third-order valence-corrected chi connectivity index (χ3v) is 7.79. The Morgan fingerprint density at radius 1 is 1.22 bits per heavy atom. The average molecular weight is 474 g/mol. The van der Waals surface area contributed by atoms with E-state index < -0.39 is 10.0 Å². The lowest BCUT2D eigenvalue weighted by Gasteiger charge is -2.12. The van der Waals surface area contributed by atoms with Crippen LogP contribution in [0.5, 0.6) is 5.75 Å². The zero-order chi connectivity index (χ0) is 22.7. The summed E-state index contributed by atoms with van der Waals surface area (Å²) < 4.78 is 33.8. The maximum Gasteiger partial charge on any atom is 0.266 e. The van der Waals surface area contributed by atoms with Crippen LogP contribution in [0.15, 0.2) is 41.7 Å². The fourth-order valence-corrected chi connectivity index (χ4v) is 5.85.